The summed E-state index contributed by atoms with van der Waals surface area (Å²) in [6.07, 6.45) is 3.57. The van der Waals surface area contributed by atoms with E-state index >= 15 is 0 Å². The fourth-order valence-electron chi connectivity index (χ4n) is 3.94. The lowest BCUT2D eigenvalue weighted by molar-refractivity contribution is -0.0436. The average Bonchev–Trinajstić information content (AvgIpc) is 3.55. The summed E-state index contributed by atoms with van der Waals surface area (Å²) >= 11 is 5.82. The van der Waals surface area contributed by atoms with Crippen LogP contribution in [0.4, 0.5) is 24.8 Å². The van der Waals surface area contributed by atoms with Gasteiger partial charge in [0.1, 0.15) is 29.4 Å². The Labute approximate surface area is 227 Å². The number of nitrogens with one attached hydrogen (secondary N) is 2. The number of hydrogen-bond donors (Lipinski definition) is 2. The van der Waals surface area contributed by atoms with Crippen molar-refractivity contribution in [1.29, 1.82) is 0 Å². The summed E-state index contributed by atoms with van der Waals surface area (Å²) in [6.45, 7) is 1.78. The van der Waals surface area contributed by atoms with Crippen LogP contribution in [0, 0.1) is 6.92 Å². The van der Waals surface area contributed by atoms with Gasteiger partial charge in [0, 0.05) is 23.6 Å². The molecule has 0 saturated carbocycles. The van der Waals surface area contributed by atoms with Gasteiger partial charge in [-0.2, -0.15) is 23.3 Å². The lowest BCUT2D eigenvalue weighted by atomic mass is 9.93. The molecule has 0 bridgehead atoms. The Morgan fingerprint density at radius 2 is 1.90 bits per heavy atom. The molecule has 0 fully saturated rings. The lowest BCUT2D eigenvalue weighted by Crippen LogP contribution is -2.23. The number of rotatable bonds is 11. The normalized spacial score (nSPS) is 12.9. The molecule has 4 aromatic rings. The van der Waals surface area contributed by atoms with Crippen LogP contribution in [-0.4, -0.2) is 56.9 Å². The number of aromatic nitrogens is 6. The molecule has 208 valence electrons. The first-order valence-corrected chi connectivity index (χ1v) is 13.8. The van der Waals surface area contributed by atoms with Gasteiger partial charge in [0.25, 0.3) is 9.84 Å². The Balaban J connectivity index is 1.57. The fourth-order valence-corrected chi connectivity index (χ4v) is 4.89. The minimum absolute atomic E-state index is 0.259. The van der Waals surface area contributed by atoms with Gasteiger partial charge in [-0.05, 0) is 49.6 Å². The molecule has 0 aliphatic rings. The summed E-state index contributed by atoms with van der Waals surface area (Å²) in [6, 6.07) is 9.96. The number of hydrogen-bond acceptors (Lipinski definition) is 8. The minimum Gasteiger partial charge on any atom is -0.494 e. The molecule has 39 heavy (non-hydrogen) atoms. The zero-order valence-corrected chi connectivity index (χ0v) is 22.5. The van der Waals surface area contributed by atoms with Crippen molar-refractivity contribution >= 4 is 33.1 Å². The number of halogens is 4. The summed E-state index contributed by atoms with van der Waals surface area (Å²) in [5, 5.41) is 14.5. The van der Waals surface area contributed by atoms with Crippen molar-refractivity contribution in [3.8, 4) is 11.4 Å². The Hall–Kier alpha value is -3.65. The van der Waals surface area contributed by atoms with Crippen molar-refractivity contribution in [2.24, 2.45) is 0 Å². The largest absolute Gasteiger partial charge is 0.501 e. The first-order valence-electron chi connectivity index (χ1n) is 11.8. The van der Waals surface area contributed by atoms with Crippen LogP contribution in [0.1, 0.15) is 42.4 Å². The molecule has 0 spiro atoms. The highest BCUT2D eigenvalue weighted by Gasteiger charge is 2.46. The molecule has 2 aromatic heterocycles. The van der Waals surface area contributed by atoms with Crippen LogP contribution >= 0.6 is 11.6 Å². The van der Waals surface area contributed by atoms with Gasteiger partial charge in [-0.15, -0.1) is 16.7 Å². The molecule has 10 nitrogen and oxygen atoms in total. The topological polar surface area (TPSA) is 128 Å². The van der Waals surface area contributed by atoms with Gasteiger partial charge < -0.3 is 10.1 Å². The van der Waals surface area contributed by atoms with Crippen LogP contribution in [-0.2, 0) is 9.84 Å². The second-order valence-electron chi connectivity index (χ2n) is 8.55. The van der Waals surface area contributed by atoms with E-state index in [-0.39, 0.29) is 11.9 Å². The number of ether oxygens (including phenoxy) is 1. The van der Waals surface area contributed by atoms with E-state index in [1.807, 2.05) is 0 Å². The molecule has 2 N–H and O–H groups in total. The first-order chi connectivity index (χ1) is 18.5. The second kappa shape index (κ2) is 11.6. The monoisotopic (exact) mass is 583 g/mol. The SMILES string of the molecule is COc1cc(Nc2n[nH]c(C(CCCCCl)c3ccc(S(=O)(=O)C(F)(F)F)cc3)n2)ccc1-n1cnc(C)n1. The maximum absolute atomic E-state index is 12.9. The van der Waals surface area contributed by atoms with Gasteiger partial charge in [0.2, 0.25) is 5.95 Å². The summed E-state index contributed by atoms with van der Waals surface area (Å²) < 4.78 is 69.4. The zero-order chi connectivity index (χ0) is 28.2. The molecule has 0 amide bonds. The van der Waals surface area contributed by atoms with Gasteiger partial charge in [-0.25, -0.2) is 18.1 Å². The molecule has 0 aliphatic heterocycles. The van der Waals surface area contributed by atoms with Crippen LogP contribution in [0.5, 0.6) is 5.75 Å². The standard InChI is InChI=1S/C24H25ClF3N7O3S/c1-15-29-14-35(34-15)20-11-8-17(13-21(20)38-2)30-23-31-22(32-33-23)19(5-3-4-12-25)16-6-9-18(10-7-16)39(36,37)24(26,27)28/h6-11,13-14,19H,3-5,12H2,1-2H3,(H2,30,31,32,33). The van der Waals surface area contributed by atoms with E-state index in [2.05, 4.69) is 30.6 Å². The van der Waals surface area contributed by atoms with E-state index in [1.54, 1.807) is 36.1 Å². The Morgan fingerprint density at radius 1 is 1.15 bits per heavy atom. The molecule has 2 aromatic carbocycles. The predicted molar refractivity (Wildman–Crippen MR) is 138 cm³/mol. The van der Waals surface area contributed by atoms with Gasteiger partial charge in [0.05, 0.1) is 12.0 Å². The van der Waals surface area contributed by atoms with E-state index in [1.165, 1.54) is 19.2 Å². The van der Waals surface area contributed by atoms with Gasteiger partial charge >= 0.3 is 5.51 Å². The van der Waals surface area contributed by atoms with Gasteiger partial charge in [-0.1, -0.05) is 18.6 Å². The van der Waals surface area contributed by atoms with E-state index in [9.17, 15) is 21.6 Å². The minimum atomic E-state index is -5.44. The van der Waals surface area contributed by atoms with Crippen molar-refractivity contribution in [1.82, 2.24) is 29.9 Å². The molecular weight excluding hydrogens is 559 g/mol. The zero-order valence-electron chi connectivity index (χ0n) is 20.9. The molecule has 1 unspecified atom stereocenters. The summed E-state index contributed by atoms with van der Waals surface area (Å²) in [7, 11) is -3.91. The maximum Gasteiger partial charge on any atom is 0.501 e. The van der Waals surface area contributed by atoms with Gasteiger partial charge in [0.15, 0.2) is 0 Å². The lowest BCUT2D eigenvalue weighted by Gasteiger charge is -2.15. The number of aryl methyl sites for hydroxylation is 1. The van der Waals surface area contributed by atoms with Crippen molar-refractivity contribution in [3.05, 3.63) is 66.0 Å². The highest BCUT2D eigenvalue weighted by molar-refractivity contribution is 7.92. The summed E-state index contributed by atoms with van der Waals surface area (Å²) in [5.74, 6) is 1.94. The van der Waals surface area contributed by atoms with Crippen molar-refractivity contribution in [2.75, 3.05) is 18.3 Å². The highest BCUT2D eigenvalue weighted by Crippen LogP contribution is 2.34. The third-order valence-corrected chi connectivity index (χ3v) is 7.67. The number of H-pyrrole nitrogens is 1. The van der Waals surface area contributed by atoms with Crippen LogP contribution in [0.15, 0.2) is 53.7 Å². The first kappa shape index (κ1) is 28.4. The molecule has 4 rings (SSSR count). The fraction of sp³-hybridized carbons (Fsp3) is 0.333. The van der Waals surface area contributed by atoms with Crippen LogP contribution in [0.3, 0.4) is 0 Å². The highest BCUT2D eigenvalue weighted by atomic mass is 35.5. The molecule has 0 radical (unpaired) electrons. The molecule has 15 heteroatoms. The van der Waals surface area contributed by atoms with Crippen LogP contribution < -0.4 is 10.1 Å². The Kier molecular flexibility index (Phi) is 8.45. The number of methoxy groups -OCH3 is 1. The third kappa shape index (κ3) is 6.33. The number of benzene rings is 2. The number of nitrogens with zero attached hydrogens (tertiary/aromatic N) is 5. The number of unbranched alkanes of at least 4 members (excludes halogenated alkanes) is 1. The van der Waals surface area contributed by atoms with E-state index in [0.717, 1.165) is 18.6 Å². The number of alkyl halides is 4. The van der Waals surface area contributed by atoms with Crippen molar-refractivity contribution < 1.29 is 26.3 Å². The molecule has 0 saturated heterocycles. The van der Waals surface area contributed by atoms with Crippen LogP contribution in [0.25, 0.3) is 5.69 Å². The van der Waals surface area contributed by atoms with Gasteiger partial charge in [-0.3, -0.25) is 5.10 Å². The Bertz CT molecular complexity index is 1520. The average molecular weight is 584 g/mol. The predicted octanol–water partition coefficient (Wildman–Crippen LogP) is 5.28. The number of anilines is 2. The van der Waals surface area contributed by atoms with E-state index in [0.29, 0.717) is 53.1 Å². The molecule has 1 atom stereocenters. The summed E-state index contributed by atoms with van der Waals surface area (Å²) in [5.41, 5.74) is -3.47. The summed E-state index contributed by atoms with van der Waals surface area (Å²) in [4.78, 5) is 7.84. The quantitative estimate of drug-likeness (QED) is 0.180. The molecule has 0 aliphatic carbocycles. The van der Waals surface area contributed by atoms with E-state index in [4.69, 9.17) is 16.3 Å². The second-order valence-corrected chi connectivity index (χ2v) is 10.9. The van der Waals surface area contributed by atoms with Crippen molar-refractivity contribution in [2.45, 2.75) is 42.5 Å². The Morgan fingerprint density at radius 3 is 2.51 bits per heavy atom. The third-order valence-electron chi connectivity index (χ3n) is 5.90. The maximum atomic E-state index is 12.9. The molecular formula is C24H25ClF3N7O3S. The van der Waals surface area contributed by atoms with Crippen LogP contribution in [0.2, 0.25) is 0 Å². The molecule has 2 heterocycles. The van der Waals surface area contributed by atoms with Crippen molar-refractivity contribution in [3.63, 3.8) is 0 Å². The smallest absolute Gasteiger partial charge is 0.494 e. The van der Waals surface area contributed by atoms with E-state index < -0.39 is 20.2 Å². The number of aromatic amines is 1. The number of sulfone groups is 1.